The van der Waals surface area contributed by atoms with Crippen molar-refractivity contribution in [3.8, 4) is 22.6 Å². The molecule has 1 aromatic heterocycles. The molecule has 0 amide bonds. The fourth-order valence-electron chi connectivity index (χ4n) is 2.29. The number of anilines is 1. The lowest BCUT2D eigenvalue weighted by Crippen LogP contribution is -2.09. The fourth-order valence-corrected chi connectivity index (χ4v) is 2.77. The Morgan fingerprint density at radius 3 is 2.27 bits per heavy atom. The van der Waals surface area contributed by atoms with Crippen LogP contribution in [0.4, 0.5) is 5.82 Å². The third-order valence-corrected chi connectivity index (χ3v) is 4.10. The molecular weight excluding hydrogens is 340 g/mol. The lowest BCUT2D eigenvalue weighted by atomic mass is 10.1. The number of nitrogens with zero attached hydrogens (tertiary/aromatic N) is 2. The molecule has 0 spiro atoms. The maximum absolute atomic E-state index is 6.11. The number of hydrogen-bond acceptors (Lipinski definition) is 4. The highest BCUT2D eigenvalue weighted by Gasteiger charge is 2.15. The zero-order chi connectivity index (χ0) is 15.5. The standard InChI is InChI=1S/C17H15BrN4/c18-14-9-5-4-8-12(14)15-13(10-19)16(20)22-17(21-15)11-6-2-1-3-7-11/h1-9H,10,19H2,(H2,20,21,22). The zero-order valence-electron chi connectivity index (χ0n) is 11.8. The largest absolute Gasteiger partial charge is 0.383 e. The molecule has 0 aliphatic carbocycles. The van der Waals surface area contributed by atoms with Crippen LogP contribution in [0, 0.1) is 0 Å². The number of nitrogens with two attached hydrogens (primary N) is 2. The topological polar surface area (TPSA) is 77.8 Å². The van der Waals surface area contributed by atoms with E-state index in [0.29, 0.717) is 11.6 Å². The lowest BCUT2D eigenvalue weighted by Gasteiger charge is -2.13. The third-order valence-electron chi connectivity index (χ3n) is 3.40. The van der Waals surface area contributed by atoms with Crippen LogP contribution in [-0.2, 0) is 6.54 Å². The van der Waals surface area contributed by atoms with Gasteiger partial charge in [-0.15, -0.1) is 0 Å². The Morgan fingerprint density at radius 2 is 1.59 bits per heavy atom. The summed E-state index contributed by atoms with van der Waals surface area (Å²) in [6, 6.07) is 17.6. The zero-order valence-corrected chi connectivity index (χ0v) is 13.4. The summed E-state index contributed by atoms with van der Waals surface area (Å²) in [5.41, 5.74) is 15.4. The first kappa shape index (κ1) is 14.7. The van der Waals surface area contributed by atoms with E-state index < -0.39 is 0 Å². The Bertz CT molecular complexity index is 803. The average Bonchev–Trinajstić information content (AvgIpc) is 2.55. The number of hydrogen-bond donors (Lipinski definition) is 2. The summed E-state index contributed by atoms with van der Waals surface area (Å²) in [5, 5.41) is 0. The van der Waals surface area contributed by atoms with Crippen LogP contribution in [0.25, 0.3) is 22.6 Å². The molecule has 4 nitrogen and oxygen atoms in total. The van der Waals surface area contributed by atoms with Crippen LogP contribution in [-0.4, -0.2) is 9.97 Å². The normalized spacial score (nSPS) is 10.6. The van der Waals surface area contributed by atoms with Gasteiger partial charge in [-0.2, -0.15) is 0 Å². The van der Waals surface area contributed by atoms with E-state index in [2.05, 4.69) is 20.9 Å². The van der Waals surface area contributed by atoms with Crippen molar-refractivity contribution in [3.05, 3.63) is 64.6 Å². The predicted molar refractivity (Wildman–Crippen MR) is 92.9 cm³/mol. The van der Waals surface area contributed by atoms with Gasteiger partial charge < -0.3 is 11.5 Å². The van der Waals surface area contributed by atoms with Crippen molar-refractivity contribution in [2.45, 2.75) is 6.54 Å². The molecule has 0 aliphatic heterocycles. The van der Waals surface area contributed by atoms with Gasteiger partial charge in [-0.3, -0.25) is 0 Å². The smallest absolute Gasteiger partial charge is 0.162 e. The molecule has 1 heterocycles. The molecular formula is C17H15BrN4. The Kier molecular flexibility index (Phi) is 4.18. The second kappa shape index (κ2) is 6.25. The molecule has 0 aliphatic rings. The van der Waals surface area contributed by atoms with E-state index in [9.17, 15) is 0 Å². The van der Waals surface area contributed by atoms with E-state index in [4.69, 9.17) is 16.5 Å². The monoisotopic (exact) mass is 354 g/mol. The number of halogens is 1. The van der Waals surface area contributed by atoms with Gasteiger partial charge >= 0.3 is 0 Å². The highest BCUT2D eigenvalue weighted by molar-refractivity contribution is 9.10. The summed E-state index contributed by atoms with van der Waals surface area (Å²) in [7, 11) is 0. The van der Waals surface area contributed by atoms with Crippen molar-refractivity contribution in [2.75, 3.05) is 5.73 Å². The van der Waals surface area contributed by atoms with Crippen LogP contribution in [0.5, 0.6) is 0 Å². The minimum absolute atomic E-state index is 0.289. The van der Waals surface area contributed by atoms with E-state index in [0.717, 1.165) is 26.9 Å². The molecule has 4 N–H and O–H groups in total. The quantitative estimate of drug-likeness (QED) is 0.752. The molecule has 3 aromatic rings. The summed E-state index contributed by atoms with van der Waals surface area (Å²) in [6.45, 7) is 0.289. The molecule has 0 saturated heterocycles. The lowest BCUT2D eigenvalue weighted by molar-refractivity contribution is 1.03. The third kappa shape index (κ3) is 2.73. The van der Waals surface area contributed by atoms with Gasteiger partial charge in [0, 0.05) is 27.7 Å². The highest BCUT2D eigenvalue weighted by Crippen LogP contribution is 2.32. The van der Waals surface area contributed by atoms with Crippen LogP contribution in [0.15, 0.2) is 59.1 Å². The van der Waals surface area contributed by atoms with Crippen LogP contribution in [0.3, 0.4) is 0 Å². The minimum Gasteiger partial charge on any atom is -0.383 e. The van der Waals surface area contributed by atoms with Crippen molar-refractivity contribution in [1.82, 2.24) is 9.97 Å². The van der Waals surface area contributed by atoms with E-state index >= 15 is 0 Å². The van der Waals surface area contributed by atoms with Crippen molar-refractivity contribution >= 4 is 21.7 Å². The van der Waals surface area contributed by atoms with E-state index in [1.165, 1.54) is 0 Å². The molecule has 0 unspecified atom stereocenters. The first-order valence-corrected chi connectivity index (χ1v) is 7.66. The Labute approximate surface area is 137 Å². The van der Waals surface area contributed by atoms with Gasteiger partial charge in [0.1, 0.15) is 5.82 Å². The van der Waals surface area contributed by atoms with Gasteiger partial charge in [-0.1, -0.05) is 64.5 Å². The summed E-state index contributed by atoms with van der Waals surface area (Å²) in [5.74, 6) is 1.02. The van der Waals surface area contributed by atoms with Gasteiger partial charge in [0.15, 0.2) is 5.82 Å². The Morgan fingerprint density at radius 1 is 0.909 bits per heavy atom. The molecule has 0 radical (unpaired) electrons. The van der Waals surface area contributed by atoms with Gasteiger partial charge in [0.05, 0.1) is 5.69 Å². The highest BCUT2D eigenvalue weighted by atomic mass is 79.9. The molecule has 0 atom stereocenters. The molecule has 2 aromatic carbocycles. The molecule has 0 bridgehead atoms. The van der Waals surface area contributed by atoms with Gasteiger partial charge in [0.25, 0.3) is 0 Å². The summed E-state index contributed by atoms with van der Waals surface area (Å²) in [6.07, 6.45) is 0. The number of aromatic nitrogens is 2. The van der Waals surface area contributed by atoms with Gasteiger partial charge in [-0.05, 0) is 6.07 Å². The van der Waals surface area contributed by atoms with E-state index in [1.807, 2.05) is 54.6 Å². The van der Waals surface area contributed by atoms with Gasteiger partial charge in [0.2, 0.25) is 0 Å². The molecule has 5 heteroatoms. The van der Waals surface area contributed by atoms with Crippen LogP contribution >= 0.6 is 15.9 Å². The fraction of sp³-hybridized carbons (Fsp3) is 0.0588. The SMILES string of the molecule is NCc1c(N)nc(-c2ccccc2)nc1-c1ccccc1Br. The maximum atomic E-state index is 6.11. The van der Waals surface area contributed by atoms with Crippen LogP contribution < -0.4 is 11.5 Å². The second-order valence-corrected chi connectivity index (χ2v) is 5.66. The van der Waals surface area contributed by atoms with Crippen molar-refractivity contribution < 1.29 is 0 Å². The molecule has 110 valence electrons. The minimum atomic E-state index is 0.289. The maximum Gasteiger partial charge on any atom is 0.162 e. The second-order valence-electron chi connectivity index (χ2n) is 4.81. The number of rotatable bonds is 3. The Hall–Kier alpha value is -2.24. The summed E-state index contributed by atoms with van der Waals surface area (Å²) < 4.78 is 0.946. The van der Waals surface area contributed by atoms with Crippen LogP contribution in [0.1, 0.15) is 5.56 Å². The molecule has 0 fully saturated rings. The predicted octanol–water partition coefficient (Wildman–Crippen LogP) is 3.61. The van der Waals surface area contributed by atoms with Crippen molar-refractivity contribution in [2.24, 2.45) is 5.73 Å². The van der Waals surface area contributed by atoms with Gasteiger partial charge in [-0.25, -0.2) is 9.97 Å². The average molecular weight is 355 g/mol. The van der Waals surface area contributed by atoms with Crippen molar-refractivity contribution in [1.29, 1.82) is 0 Å². The molecule has 0 saturated carbocycles. The number of benzene rings is 2. The van der Waals surface area contributed by atoms with E-state index in [-0.39, 0.29) is 6.54 Å². The summed E-state index contributed by atoms with van der Waals surface area (Å²) >= 11 is 3.56. The van der Waals surface area contributed by atoms with Crippen molar-refractivity contribution in [3.63, 3.8) is 0 Å². The first-order chi connectivity index (χ1) is 10.7. The van der Waals surface area contributed by atoms with Crippen LogP contribution in [0.2, 0.25) is 0 Å². The molecule has 3 rings (SSSR count). The summed E-state index contributed by atoms with van der Waals surface area (Å²) in [4.78, 5) is 9.11. The first-order valence-electron chi connectivity index (χ1n) is 6.87. The molecule has 22 heavy (non-hydrogen) atoms. The Balaban J connectivity index is 2.25. The number of nitrogen functional groups attached to an aromatic ring is 1. The van der Waals surface area contributed by atoms with E-state index in [1.54, 1.807) is 0 Å².